The third-order valence-electron chi connectivity index (χ3n) is 0. The SMILES string of the molecule is CC(=O)[O-].CC(=O)[O-].CC(=O)[O-].[Li+].[Pd+2]. The van der Waals surface area contributed by atoms with E-state index in [-0.39, 0.29) is 39.3 Å². The Balaban J connectivity index is -0.0000000270. The van der Waals surface area contributed by atoms with Crippen LogP contribution >= 0.6 is 0 Å². The van der Waals surface area contributed by atoms with Gasteiger partial charge in [-0.25, -0.2) is 0 Å². The Kier molecular flexibility index (Phi) is 47.9. The van der Waals surface area contributed by atoms with Crippen molar-refractivity contribution in [3.05, 3.63) is 0 Å². The van der Waals surface area contributed by atoms with Crippen LogP contribution < -0.4 is 34.2 Å². The van der Waals surface area contributed by atoms with Crippen molar-refractivity contribution in [1.82, 2.24) is 0 Å². The number of aliphatic carboxylic acids is 3. The summed E-state index contributed by atoms with van der Waals surface area (Å²) in [5, 5.41) is 26.7. The van der Waals surface area contributed by atoms with E-state index in [1.54, 1.807) is 0 Å². The van der Waals surface area contributed by atoms with Gasteiger partial charge in [0, 0.05) is 17.9 Å². The Morgan fingerprint density at radius 3 is 0.714 bits per heavy atom. The van der Waals surface area contributed by atoms with Gasteiger partial charge < -0.3 is 29.7 Å². The van der Waals surface area contributed by atoms with Gasteiger partial charge in [-0.1, -0.05) is 0 Å². The Labute approximate surface area is 108 Å². The Morgan fingerprint density at radius 1 is 0.714 bits per heavy atom. The molecule has 0 amide bonds. The van der Waals surface area contributed by atoms with Crippen molar-refractivity contribution >= 4 is 17.9 Å². The molecule has 0 bridgehead atoms. The van der Waals surface area contributed by atoms with Crippen molar-refractivity contribution in [2.45, 2.75) is 20.8 Å². The second-order valence-corrected chi connectivity index (χ2v) is 1.47. The molecule has 80 valence electrons. The van der Waals surface area contributed by atoms with Gasteiger partial charge in [0.2, 0.25) is 0 Å². The van der Waals surface area contributed by atoms with E-state index >= 15 is 0 Å². The molecule has 0 saturated carbocycles. The maximum absolute atomic E-state index is 8.89. The summed E-state index contributed by atoms with van der Waals surface area (Å²) < 4.78 is 0. The fraction of sp³-hybridized carbons (Fsp3) is 0.500. The van der Waals surface area contributed by atoms with E-state index < -0.39 is 17.9 Å². The van der Waals surface area contributed by atoms with Crippen LogP contribution in [0.2, 0.25) is 0 Å². The summed E-state index contributed by atoms with van der Waals surface area (Å²) in [6.45, 7) is 2.92. The minimum absolute atomic E-state index is 0. The van der Waals surface area contributed by atoms with Crippen LogP contribution in [-0.4, -0.2) is 17.9 Å². The van der Waals surface area contributed by atoms with Crippen molar-refractivity contribution < 1.29 is 69.0 Å². The number of hydrogen-bond donors (Lipinski definition) is 0. The molecule has 0 N–H and O–H groups in total. The molecule has 0 saturated heterocycles. The molecule has 0 aliphatic heterocycles. The molecule has 0 atom stereocenters. The number of carboxylic acids is 3. The number of carbonyl (C=O) groups excluding carboxylic acids is 3. The van der Waals surface area contributed by atoms with Crippen LogP contribution in [-0.2, 0) is 34.8 Å². The van der Waals surface area contributed by atoms with Crippen LogP contribution in [0, 0.1) is 0 Å². The van der Waals surface area contributed by atoms with E-state index in [1.807, 2.05) is 0 Å². The predicted octanol–water partition coefficient (Wildman–Crippen LogP) is -6.73. The smallest absolute Gasteiger partial charge is 0.550 e. The van der Waals surface area contributed by atoms with Gasteiger partial charge in [-0.2, -0.15) is 0 Å². The second-order valence-electron chi connectivity index (χ2n) is 1.47. The normalized spacial score (nSPS) is 5.36. The van der Waals surface area contributed by atoms with Gasteiger partial charge in [0.1, 0.15) is 0 Å². The zero-order valence-corrected chi connectivity index (χ0v) is 9.82. The average molecular weight is 290 g/mol. The van der Waals surface area contributed by atoms with Crippen LogP contribution in [0.25, 0.3) is 0 Å². The molecule has 0 aromatic rings. The monoisotopic (exact) mass is 290 g/mol. The summed E-state index contributed by atoms with van der Waals surface area (Å²) in [6.07, 6.45) is 0. The van der Waals surface area contributed by atoms with Crippen molar-refractivity contribution in [2.24, 2.45) is 0 Å². The van der Waals surface area contributed by atoms with Gasteiger partial charge in [-0.3, -0.25) is 0 Å². The molecule has 0 radical (unpaired) electrons. The van der Waals surface area contributed by atoms with Crippen LogP contribution in [0.1, 0.15) is 20.8 Å². The molecule has 0 aromatic heterocycles. The number of hydrogen-bond acceptors (Lipinski definition) is 6. The van der Waals surface area contributed by atoms with Crippen molar-refractivity contribution in [3.63, 3.8) is 0 Å². The average Bonchev–Trinajstić information content (AvgIpc) is 1.54. The van der Waals surface area contributed by atoms with Gasteiger partial charge in [-0.15, -0.1) is 0 Å². The molecule has 0 aliphatic rings. The topological polar surface area (TPSA) is 120 Å². The molecule has 14 heavy (non-hydrogen) atoms. The van der Waals surface area contributed by atoms with E-state index in [1.165, 1.54) is 0 Å². The first kappa shape index (κ1) is 29.2. The molecule has 8 heteroatoms. The molecule has 0 fully saturated rings. The second kappa shape index (κ2) is 23.0. The van der Waals surface area contributed by atoms with Gasteiger partial charge in [-0.05, 0) is 20.8 Å². The van der Waals surface area contributed by atoms with E-state index in [0.717, 1.165) is 20.8 Å². The zero-order chi connectivity index (χ0) is 10.7. The first-order valence-electron chi connectivity index (χ1n) is 2.72. The van der Waals surface area contributed by atoms with Gasteiger partial charge in [0.05, 0.1) is 0 Å². The van der Waals surface area contributed by atoms with Crippen molar-refractivity contribution in [1.29, 1.82) is 0 Å². The molecule has 0 heterocycles. The summed E-state index contributed by atoms with van der Waals surface area (Å²) in [7, 11) is 0. The molecular weight excluding hydrogens is 281 g/mol. The summed E-state index contributed by atoms with van der Waals surface area (Å²) in [5.41, 5.74) is 0. The largest absolute Gasteiger partial charge is 2.00 e. The third kappa shape index (κ3) is 12200. The van der Waals surface area contributed by atoms with Gasteiger partial charge in [0.15, 0.2) is 0 Å². The van der Waals surface area contributed by atoms with Crippen LogP contribution in [0.15, 0.2) is 0 Å². The van der Waals surface area contributed by atoms with Gasteiger partial charge >= 0.3 is 39.3 Å². The first-order valence-corrected chi connectivity index (χ1v) is 2.72. The molecule has 6 nitrogen and oxygen atoms in total. The first-order chi connectivity index (χ1) is 5.20. The maximum atomic E-state index is 8.89. The summed E-state index contributed by atoms with van der Waals surface area (Å²) in [5.74, 6) is -3.25. The van der Waals surface area contributed by atoms with E-state index in [9.17, 15) is 0 Å². The molecule has 0 unspecified atom stereocenters. The fourth-order valence-electron chi connectivity index (χ4n) is 0. The molecule has 0 aromatic carbocycles. The standard InChI is InChI=1S/3C2H4O2.Li.Pd/c3*1-2(3)4;;/h3*1H3,(H,3,4);;/q;;;+1;+2/p-3. The van der Waals surface area contributed by atoms with Gasteiger partial charge in [0.25, 0.3) is 0 Å². The number of carbonyl (C=O) groups is 3. The maximum Gasteiger partial charge on any atom is 2.00 e. The molecule has 0 rings (SSSR count). The minimum Gasteiger partial charge on any atom is -0.550 e. The minimum atomic E-state index is -1.08. The Bertz CT molecular complexity index is 120. The Morgan fingerprint density at radius 2 is 0.714 bits per heavy atom. The zero-order valence-electron chi connectivity index (χ0n) is 8.27. The van der Waals surface area contributed by atoms with Crippen LogP contribution in [0.4, 0.5) is 0 Å². The van der Waals surface area contributed by atoms with Crippen LogP contribution in [0.3, 0.4) is 0 Å². The number of rotatable bonds is 0. The summed E-state index contributed by atoms with van der Waals surface area (Å²) >= 11 is 0. The van der Waals surface area contributed by atoms with E-state index in [2.05, 4.69) is 0 Å². The summed E-state index contributed by atoms with van der Waals surface area (Å²) in [6, 6.07) is 0. The van der Waals surface area contributed by atoms with E-state index in [0.29, 0.717) is 0 Å². The molecular formula is C6H9LiO6Pd. The predicted molar refractivity (Wildman–Crippen MR) is 32.0 cm³/mol. The van der Waals surface area contributed by atoms with Crippen LogP contribution in [0.5, 0.6) is 0 Å². The van der Waals surface area contributed by atoms with Crippen molar-refractivity contribution in [2.75, 3.05) is 0 Å². The Hall–Kier alpha value is -0.330. The van der Waals surface area contributed by atoms with E-state index in [4.69, 9.17) is 29.7 Å². The molecule has 0 aliphatic carbocycles. The number of carboxylic acid groups (broad SMARTS) is 3. The quantitative estimate of drug-likeness (QED) is 0.409. The fourth-order valence-corrected chi connectivity index (χ4v) is 0. The summed E-state index contributed by atoms with van der Waals surface area (Å²) in [4.78, 5) is 26.7. The third-order valence-corrected chi connectivity index (χ3v) is 0. The molecule has 0 spiro atoms. The van der Waals surface area contributed by atoms with Crippen molar-refractivity contribution in [3.8, 4) is 0 Å².